The van der Waals surface area contributed by atoms with Crippen LogP contribution in [-0.2, 0) is 0 Å². The Hall–Kier alpha value is -1.12. The van der Waals surface area contributed by atoms with Crippen LogP contribution in [0.3, 0.4) is 0 Å². The van der Waals surface area contributed by atoms with Crippen LogP contribution in [0, 0.1) is 0 Å². The van der Waals surface area contributed by atoms with Crippen LogP contribution >= 0.6 is 22.7 Å². The maximum Gasteiger partial charge on any atom is 0.0308 e. The topological polar surface area (TPSA) is 0 Å². The molecule has 0 fully saturated rings. The molecule has 2 aromatic rings. The van der Waals surface area contributed by atoms with Crippen LogP contribution in [0.5, 0.6) is 0 Å². The summed E-state index contributed by atoms with van der Waals surface area (Å²) < 4.78 is 0. The number of thiophene rings is 2. The Kier molecular flexibility index (Phi) is 2.54. The first-order valence-electron chi connectivity index (χ1n) is 5.32. The molecule has 0 aliphatic heterocycles. The van der Waals surface area contributed by atoms with E-state index < -0.39 is 0 Å². The van der Waals surface area contributed by atoms with Crippen molar-refractivity contribution < 1.29 is 0 Å². The van der Waals surface area contributed by atoms with Gasteiger partial charge >= 0.3 is 0 Å². The SMILES string of the molecule is CC1=C(c2cccs2)CC(c2cccs2)=C1. The van der Waals surface area contributed by atoms with Gasteiger partial charge in [-0.3, -0.25) is 0 Å². The Morgan fingerprint density at radius 2 is 1.69 bits per heavy atom. The molecule has 16 heavy (non-hydrogen) atoms. The monoisotopic (exact) mass is 244 g/mol. The maximum absolute atomic E-state index is 2.33. The van der Waals surface area contributed by atoms with E-state index in [1.807, 2.05) is 22.7 Å². The molecule has 2 heteroatoms. The van der Waals surface area contributed by atoms with Gasteiger partial charge in [0.25, 0.3) is 0 Å². The molecular formula is C14H12S2. The lowest BCUT2D eigenvalue weighted by Crippen LogP contribution is -1.79. The molecule has 0 nitrogen and oxygen atoms in total. The summed E-state index contributed by atoms with van der Waals surface area (Å²) in [6, 6.07) is 8.68. The van der Waals surface area contributed by atoms with E-state index >= 15 is 0 Å². The molecule has 80 valence electrons. The van der Waals surface area contributed by atoms with E-state index in [4.69, 9.17) is 0 Å². The summed E-state index contributed by atoms with van der Waals surface area (Å²) in [7, 11) is 0. The van der Waals surface area contributed by atoms with Gasteiger partial charge in [0, 0.05) is 16.2 Å². The zero-order valence-electron chi connectivity index (χ0n) is 9.07. The minimum atomic E-state index is 1.09. The first kappa shape index (κ1) is 10.1. The van der Waals surface area contributed by atoms with E-state index in [1.165, 1.54) is 26.5 Å². The Morgan fingerprint density at radius 1 is 1.00 bits per heavy atom. The summed E-state index contributed by atoms with van der Waals surface area (Å²) in [6.45, 7) is 2.22. The summed E-state index contributed by atoms with van der Waals surface area (Å²) in [4.78, 5) is 2.83. The lowest BCUT2D eigenvalue weighted by Gasteiger charge is -2.01. The van der Waals surface area contributed by atoms with Crippen molar-refractivity contribution in [2.24, 2.45) is 0 Å². The van der Waals surface area contributed by atoms with Crippen LogP contribution in [0.1, 0.15) is 23.1 Å². The number of allylic oxidation sites excluding steroid dienone is 4. The van der Waals surface area contributed by atoms with Crippen molar-refractivity contribution in [2.45, 2.75) is 13.3 Å². The third kappa shape index (κ3) is 1.68. The van der Waals surface area contributed by atoms with Crippen LogP contribution in [0.15, 0.2) is 46.7 Å². The van der Waals surface area contributed by atoms with E-state index in [2.05, 4.69) is 48.0 Å². The lowest BCUT2D eigenvalue weighted by molar-refractivity contribution is 1.46. The molecule has 1 aliphatic rings. The number of rotatable bonds is 2. The van der Waals surface area contributed by atoms with Crippen molar-refractivity contribution >= 4 is 33.8 Å². The first-order valence-corrected chi connectivity index (χ1v) is 7.08. The van der Waals surface area contributed by atoms with Gasteiger partial charge in [-0.15, -0.1) is 22.7 Å². The predicted octanol–water partition coefficient (Wildman–Crippen LogP) is 5.07. The molecule has 2 heterocycles. The predicted molar refractivity (Wildman–Crippen MR) is 73.8 cm³/mol. The Morgan fingerprint density at radius 3 is 2.31 bits per heavy atom. The van der Waals surface area contributed by atoms with Gasteiger partial charge in [0.05, 0.1) is 0 Å². The molecule has 0 saturated heterocycles. The highest BCUT2D eigenvalue weighted by molar-refractivity contribution is 7.11. The quantitative estimate of drug-likeness (QED) is 0.692. The molecule has 0 bridgehead atoms. The molecule has 0 radical (unpaired) electrons. The molecular weight excluding hydrogens is 232 g/mol. The first-order chi connectivity index (χ1) is 7.84. The van der Waals surface area contributed by atoms with Crippen molar-refractivity contribution in [2.75, 3.05) is 0 Å². The van der Waals surface area contributed by atoms with E-state index in [-0.39, 0.29) is 0 Å². The third-order valence-corrected chi connectivity index (χ3v) is 4.77. The van der Waals surface area contributed by atoms with Gasteiger partial charge in [0.2, 0.25) is 0 Å². The Balaban J connectivity index is 1.91. The number of hydrogen-bond acceptors (Lipinski definition) is 2. The van der Waals surface area contributed by atoms with Gasteiger partial charge in [0.1, 0.15) is 0 Å². The highest BCUT2D eigenvalue weighted by atomic mass is 32.1. The molecule has 2 aromatic heterocycles. The van der Waals surface area contributed by atoms with Crippen molar-refractivity contribution in [1.82, 2.24) is 0 Å². The highest BCUT2D eigenvalue weighted by Crippen LogP contribution is 2.40. The Bertz CT molecular complexity index is 540. The van der Waals surface area contributed by atoms with E-state index in [0.29, 0.717) is 0 Å². The lowest BCUT2D eigenvalue weighted by atomic mass is 10.1. The average molecular weight is 244 g/mol. The van der Waals surface area contributed by atoms with Gasteiger partial charge in [-0.05, 0) is 46.5 Å². The van der Waals surface area contributed by atoms with E-state index in [9.17, 15) is 0 Å². The summed E-state index contributed by atoms with van der Waals surface area (Å²) in [5.74, 6) is 0. The van der Waals surface area contributed by atoms with Crippen LogP contribution in [0.25, 0.3) is 11.1 Å². The van der Waals surface area contributed by atoms with Gasteiger partial charge in [-0.2, -0.15) is 0 Å². The van der Waals surface area contributed by atoms with Crippen molar-refractivity contribution in [3.63, 3.8) is 0 Å². The largest absolute Gasteiger partial charge is 0.144 e. The van der Waals surface area contributed by atoms with Crippen molar-refractivity contribution in [3.8, 4) is 0 Å². The smallest absolute Gasteiger partial charge is 0.0308 e. The molecule has 3 rings (SSSR count). The van der Waals surface area contributed by atoms with Crippen LogP contribution in [0.4, 0.5) is 0 Å². The standard InChI is InChI=1S/C14H12S2/c1-10-8-11(13-4-2-6-15-13)9-12(10)14-5-3-7-16-14/h2-8H,9H2,1H3. The van der Waals surface area contributed by atoms with Crippen LogP contribution < -0.4 is 0 Å². The minimum absolute atomic E-state index is 1.09. The zero-order valence-corrected chi connectivity index (χ0v) is 10.7. The summed E-state index contributed by atoms with van der Waals surface area (Å²) >= 11 is 3.67. The normalized spacial score (nSPS) is 15.7. The van der Waals surface area contributed by atoms with Gasteiger partial charge in [-0.1, -0.05) is 18.2 Å². The molecule has 0 N–H and O–H groups in total. The molecule has 0 unspecified atom stereocenters. The molecule has 1 aliphatic carbocycles. The van der Waals surface area contributed by atoms with Crippen LogP contribution in [-0.4, -0.2) is 0 Å². The van der Waals surface area contributed by atoms with Crippen molar-refractivity contribution in [3.05, 3.63) is 56.4 Å². The number of hydrogen-bond donors (Lipinski definition) is 0. The van der Waals surface area contributed by atoms with E-state index in [1.54, 1.807) is 0 Å². The van der Waals surface area contributed by atoms with Gasteiger partial charge < -0.3 is 0 Å². The maximum atomic E-state index is 2.33. The minimum Gasteiger partial charge on any atom is -0.144 e. The molecule has 0 amide bonds. The fraction of sp³-hybridized carbons (Fsp3) is 0.143. The molecule has 0 atom stereocenters. The molecule has 0 saturated carbocycles. The third-order valence-electron chi connectivity index (χ3n) is 2.89. The fourth-order valence-electron chi connectivity index (χ4n) is 2.08. The van der Waals surface area contributed by atoms with Crippen molar-refractivity contribution in [1.29, 1.82) is 0 Å². The second kappa shape index (κ2) is 4.04. The molecule has 0 spiro atoms. The summed E-state index contributed by atoms with van der Waals surface area (Å²) in [5.41, 5.74) is 4.39. The zero-order chi connectivity index (χ0) is 11.0. The molecule has 0 aromatic carbocycles. The van der Waals surface area contributed by atoms with E-state index in [0.717, 1.165) is 6.42 Å². The highest BCUT2D eigenvalue weighted by Gasteiger charge is 2.16. The average Bonchev–Trinajstić information content (AvgIpc) is 2.97. The fourth-order valence-corrected chi connectivity index (χ4v) is 3.66. The van der Waals surface area contributed by atoms with Gasteiger partial charge in [0.15, 0.2) is 0 Å². The van der Waals surface area contributed by atoms with Crippen LogP contribution in [0.2, 0.25) is 0 Å². The Labute approximate surface area is 104 Å². The second-order valence-corrected chi connectivity index (χ2v) is 5.86. The second-order valence-electron chi connectivity index (χ2n) is 3.96. The summed E-state index contributed by atoms with van der Waals surface area (Å²) in [5, 5.41) is 4.30. The summed E-state index contributed by atoms with van der Waals surface area (Å²) in [6.07, 6.45) is 3.42. The van der Waals surface area contributed by atoms with Gasteiger partial charge in [-0.25, -0.2) is 0 Å².